The van der Waals surface area contributed by atoms with Crippen molar-refractivity contribution in [2.45, 2.75) is 67.2 Å². The second-order valence-corrected chi connectivity index (χ2v) is 8.53. The van der Waals surface area contributed by atoms with Crippen molar-refractivity contribution in [3.63, 3.8) is 0 Å². The maximum absolute atomic E-state index is 4.27. The Balaban J connectivity index is 2.36. The number of benzene rings is 2. The normalized spacial score (nSPS) is 13.8. The van der Waals surface area contributed by atoms with Crippen LogP contribution >= 0.6 is 0 Å². The molecule has 0 nitrogen and oxygen atoms in total. The van der Waals surface area contributed by atoms with E-state index in [4.69, 9.17) is 0 Å². The van der Waals surface area contributed by atoms with E-state index in [0.29, 0.717) is 0 Å². The molecule has 2 aromatic carbocycles. The highest BCUT2D eigenvalue weighted by Crippen LogP contribution is 2.29. The standard InChI is InChI=1S/C26H33B/c1-8-24(23-11-9-10-12-23)27(25-19(4)13-17(2)14-20(25)5)26-21(6)15-18(3)16-22(26)7/h8,13-16H,1,9-12H2,2-7H3. The van der Waals surface area contributed by atoms with Gasteiger partial charge in [-0.2, -0.15) is 0 Å². The highest BCUT2D eigenvalue weighted by molar-refractivity contribution is 6.92. The van der Waals surface area contributed by atoms with Crippen LogP contribution in [0.4, 0.5) is 0 Å². The molecule has 0 unspecified atom stereocenters. The summed E-state index contributed by atoms with van der Waals surface area (Å²) in [5.41, 5.74) is 14.3. The van der Waals surface area contributed by atoms with Crippen molar-refractivity contribution in [2.75, 3.05) is 0 Å². The van der Waals surface area contributed by atoms with E-state index in [1.165, 1.54) is 75.5 Å². The van der Waals surface area contributed by atoms with Gasteiger partial charge in [-0.3, -0.25) is 0 Å². The molecule has 0 atom stereocenters. The SMILES string of the molecule is C=CC(B(c1c(C)cc(C)cc1C)c1c(C)cc(C)cc1C)=C1CCCC1. The Labute approximate surface area is 166 Å². The van der Waals surface area contributed by atoms with Crippen LogP contribution in [0.5, 0.6) is 0 Å². The summed E-state index contributed by atoms with van der Waals surface area (Å²) in [5.74, 6) is 0. The van der Waals surface area contributed by atoms with Crippen molar-refractivity contribution in [1.29, 1.82) is 0 Å². The Bertz CT molecular complexity index is 802. The van der Waals surface area contributed by atoms with E-state index in [1.54, 1.807) is 5.57 Å². The Hall–Kier alpha value is -2.02. The second-order valence-electron chi connectivity index (χ2n) is 8.53. The van der Waals surface area contributed by atoms with Gasteiger partial charge < -0.3 is 0 Å². The molecule has 0 saturated heterocycles. The molecule has 0 aromatic heterocycles. The number of allylic oxidation sites excluding steroid dienone is 3. The minimum absolute atomic E-state index is 0.289. The van der Waals surface area contributed by atoms with Crippen LogP contribution in [-0.4, -0.2) is 6.71 Å². The minimum atomic E-state index is 0.289. The van der Waals surface area contributed by atoms with Gasteiger partial charge in [-0.25, -0.2) is 0 Å². The average Bonchev–Trinajstić information content (AvgIpc) is 3.07. The minimum Gasteiger partial charge on any atom is -0.0996 e. The fourth-order valence-corrected chi connectivity index (χ4v) is 5.31. The molecule has 0 aliphatic heterocycles. The van der Waals surface area contributed by atoms with Crippen LogP contribution in [0.25, 0.3) is 0 Å². The quantitative estimate of drug-likeness (QED) is 0.613. The molecule has 0 heterocycles. The molecule has 1 aliphatic rings. The number of hydrogen-bond donors (Lipinski definition) is 0. The Kier molecular flexibility index (Phi) is 5.79. The summed E-state index contributed by atoms with van der Waals surface area (Å²) < 4.78 is 0. The molecular weight excluding hydrogens is 323 g/mol. The van der Waals surface area contributed by atoms with Crippen molar-refractivity contribution >= 4 is 17.6 Å². The lowest BCUT2D eigenvalue weighted by molar-refractivity contribution is 0.886. The van der Waals surface area contributed by atoms with Gasteiger partial charge in [0.25, 0.3) is 0 Å². The van der Waals surface area contributed by atoms with Crippen molar-refractivity contribution < 1.29 is 0 Å². The van der Waals surface area contributed by atoms with Gasteiger partial charge in [0.1, 0.15) is 0 Å². The van der Waals surface area contributed by atoms with Crippen molar-refractivity contribution in [3.05, 3.63) is 81.3 Å². The van der Waals surface area contributed by atoms with Crippen LogP contribution in [0.1, 0.15) is 59.1 Å². The van der Waals surface area contributed by atoms with E-state index in [0.717, 1.165) is 0 Å². The maximum Gasteiger partial charge on any atom is 0.242 e. The fraction of sp³-hybridized carbons (Fsp3) is 0.385. The van der Waals surface area contributed by atoms with Gasteiger partial charge in [0.2, 0.25) is 6.71 Å². The zero-order valence-electron chi connectivity index (χ0n) is 18.0. The first-order valence-corrected chi connectivity index (χ1v) is 10.3. The number of rotatable bonds is 4. The molecule has 1 fully saturated rings. The van der Waals surface area contributed by atoms with E-state index in [2.05, 4.69) is 78.5 Å². The largest absolute Gasteiger partial charge is 0.242 e. The smallest absolute Gasteiger partial charge is 0.0996 e. The van der Waals surface area contributed by atoms with Crippen LogP contribution in [0, 0.1) is 41.5 Å². The molecule has 1 saturated carbocycles. The summed E-state index contributed by atoms with van der Waals surface area (Å²) in [6, 6.07) is 9.37. The molecule has 1 aliphatic carbocycles. The molecular formula is C26H33B. The highest BCUT2D eigenvalue weighted by atomic mass is 14.2. The van der Waals surface area contributed by atoms with E-state index < -0.39 is 0 Å². The van der Waals surface area contributed by atoms with Crippen LogP contribution in [0.15, 0.2) is 48.0 Å². The van der Waals surface area contributed by atoms with Gasteiger partial charge in [-0.15, -0.1) is 0 Å². The predicted octanol–water partition coefficient (Wildman–Crippen LogP) is 5.74. The summed E-state index contributed by atoms with van der Waals surface area (Å²) in [5, 5.41) is 0. The molecule has 1 heteroatoms. The zero-order chi connectivity index (χ0) is 19.7. The maximum atomic E-state index is 4.27. The van der Waals surface area contributed by atoms with Crippen LogP contribution < -0.4 is 10.9 Å². The molecule has 0 radical (unpaired) electrons. The lowest BCUT2D eigenvalue weighted by Crippen LogP contribution is -2.49. The van der Waals surface area contributed by atoms with Crippen molar-refractivity contribution in [3.8, 4) is 0 Å². The monoisotopic (exact) mass is 356 g/mol. The Morgan fingerprint density at radius 1 is 0.741 bits per heavy atom. The third-order valence-corrected chi connectivity index (χ3v) is 6.20. The Morgan fingerprint density at radius 2 is 1.11 bits per heavy atom. The summed E-state index contributed by atoms with van der Waals surface area (Å²) >= 11 is 0. The average molecular weight is 356 g/mol. The summed E-state index contributed by atoms with van der Waals surface area (Å²) in [7, 11) is 0. The van der Waals surface area contributed by atoms with Gasteiger partial charge in [-0.05, 0) is 67.2 Å². The van der Waals surface area contributed by atoms with Crippen LogP contribution in [-0.2, 0) is 0 Å². The van der Waals surface area contributed by atoms with Crippen molar-refractivity contribution in [2.24, 2.45) is 0 Å². The molecule has 0 N–H and O–H groups in total. The van der Waals surface area contributed by atoms with Gasteiger partial charge in [0, 0.05) is 0 Å². The molecule has 0 spiro atoms. The van der Waals surface area contributed by atoms with Crippen LogP contribution in [0.3, 0.4) is 0 Å². The number of aryl methyl sites for hydroxylation is 6. The molecule has 0 amide bonds. The van der Waals surface area contributed by atoms with Gasteiger partial charge in [0.05, 0.1) is 0 Å². The van der Waals surface area contributed by atoms with Gasteiger partial charge >= 0.3 is 0 Å². The molecule has 3 rings (SSSR count). The summed E-state index contributed by atoms with van der Waals surface area (Å²) in [6.07, 6.45) is 7.24. The molecule has 140 valence electrons. The first-order chi connectivity index (χ1) is 12.8. The summed E-state index contributed by atoms with van der Waals surface area (Å²) in [6.45, 7) is 18.1. The molecule has 2 aromatic rings. The van der Waals surface area contributed by atoms with Crippen molar-refractivity contribution in [1.82, 2.24) is 0 Å². The second kappa shape index (κ2) is 7.93. The first kappa shape index (κ1) is 19.7. The predicted molar refractivity (Wildman–Crippen MR) is 122 cm³/mol. The first-order valence-electron chi connectivity index (χ1n) is 10.3. The summed E-state index contributed by atoms with van der Waals surface area (Å²) in [4.78, 5) is 0. The number of hydrogen-bond acceptors (Lipinski definition) is 0. The molecule has 27 heavy (non-hydrogen) atoms. The van der Waals surface area contributed by atoms with Gasteiger partial charge in [0.15, 0.2) is 0 Å². The van der Waals surface area contributed by atoms with Crippen LogP contribution in [0.2, 0.25) is 0 Å². The fourth-order valence-electron chi connectivity index (χ4n) is 5.31. The third kappa shape index (κ3) is 3.83. The third-order valence-electron chi connectivity index (χ3n) is 6.20. The van der Waals surface area contributed by atoms with E-state index in [-0.39, 0.29) is 6.71 Å². The molecule has 0 bridgehead atoms. The lowest BCUT2D eigenvalue weighted by Gasteiger charge is -2.26. The Morgan fingerprint density at radius 3 is 1.44 bits per heavy atom. The van der Waals surface area contributed by atoms with Gasteiger partial charge in [-0.1, -0.05) is 92.3 Å². The van der Waals surface area contributed by atoms with E-state index in [1.807, 2.05) is 0 Å². The van der Waals surface area contributed by atoms with E-state index in [9.17, 15) is 0 Å². The zero-order valence-corrected chi connectivity index (χ0v) is 18.0. The topological polar surface area (TPSA) is 0 Å². The highest BCUT2D eigenvalue weighted by Gasteiger charge is 2.31. The lowest BCUT2D eigenvalue weighted by atomic mass is 9.33. The van der Waals surface area contributed by atoms with E-state index >= 15 is 0 Å².